The Labute approximate surface area is 116 Å². The molecule has 1 heterocycles. The molecule has 1 aromatic heterocycles. The van der Waals surface area contributed by atoms with E-state index < -0.39 is 5.97 Å². The van der Waals surface area contributed by atoms with Gasteiger partial charge >= 0.3 is 5.97 Å². The smallest absolute Gasteiger partial charge is 0.327 e. The Morgan fingerprint density at radius 1 is 1.40 bits per heavy atom. The van der Waals surface area contributed by atoms with Crippen LogP contribution in [0.3, 0.4) is 0 Å². The number of H-pyrrole nitrogens is 1. The molecular formula is C16H17NO3. The highest BCUT2D eigenvalue weighted by atomic mass is 16.4. The number of aromatic amines is 1. The summed E-state index contributed by atoms with van der Waals surface area (Å²) in [6.45, 7) is 3.96. The number of aliphatic carboxylic acids is 1. The number of carbonyl (C=O) groups is 1. The summed E-state index contributed by atoms with van der Waals surface area (Å²) in [6.07, 6.45) is 3.79. The van der Waals surface area contributed by atoms with Gasteiger partial charge in [-0.15, -0.1) is 0 Å². The Kier molecular flexibility index (Phi) is 4.03. The quantitative estimate of drug-likeness (QED) is 0.840. The van der Waals surface area contributed by atoms with Crippen LogP contribution in [0.25, 0.3) is 10.9 Å². The number of aryl methyl sites for hydroxylation is 2. The summed E-state index contributed by atoms with van der Waals surface area (Å²) in [7, 11) is 0. The van der Waals surface area contributed by atoms with Gasteiger partial charge in [0.1, 0.15) is 0 Å². The van der Waals surface area contributed by atoms with E-state index in [4.69, 9.17) is 5.11 Å². The van der Waals surface area contributed by atoms with Gasteiger partial charge in [-0.25, -0.2) is 4.79 Å². The fourth-order valence-corrected chi connectivity index (χ4v) is 2.30. The van der Waals surface area contributed by atoms with Crippen LogP contribution < -0.4 is 5.56 Å². The van der Waals surface area contributed by atoms with Crippen molar-refractivity contribution >= 4 is 16.9 Å². The van der Waals surface area contributed by atoms with Gasteiger partial charge in [0.05, 0.1) is 0 Å². The SMILES string of the molecule is CCc1ccc2c(C)c(C/C=C/C(=O)O)c(=O)[nH]c2c1. The first-order chi connectivity index (χ1) is 9.52. The van der Waals surface area contributed by atoms with E-state index in [1.807, 2.05) is 25.1 Å². The molecule has 1 aromatic carbocycles. The molecule has 0 atom stereocenters. The van der Waals surface area contributed by atoms with E-state index in [0.29, 0.717) is 12.0 Å². The van der Waals surface area contributed by atoms with Crippen molar-refractivity contribution in [2.75, 3.05) is 0 Å². The molecule has 0 unspecified atom stereocenters. The first-order valence-electron chi connectivity index (χ1n) is 6.56. The number of benzene rings is 1. The first-order valence-corrected chi connectivity index (χ1v) is 6.56. The van der Waals surface area contributed by atoms with Crippen LogP contribution in [0.4, 0.5) is 0 Å². The molecule has 0 amide bonds. The standard InChI is InChI=1S/C16H17NO3/c1-3-11-7-8-12-10(2)13(5-4-6-15(18)19)16(20)17-14(12)9-11/h4,6-9H,3,5H2,1-2H3,(H,17,20)(H,18,19)/b6-4+. The molecule has 2 N–H and O–H groups in total. The zero-order valence-electron chi connectivity index (χ0n) is 11.6. The third-order valence-corrected chi connectivity index (χ3v) is 3.45. The average molecular weight is 271 g/mol. The molecule has 0 saturated carbocycles. The molecule has 0 spiro atoms. The van der Waals surface area contributed by atoms with Crippen molar-refractivity contribution in [3.05, 3.63) is 57.4 Å². The van der Waals surface area contributed by atoms with Crippen LogP contribution in [0.2, 0.25) is 0 Å². The third kappa shape index (κ3) is 2.79. The molecule has 0 bridgehead atoms. The van der Waals surface area contributed by atoms with Crippen molar-refractivity contribution < 1.29 is 9.90 Å². The maximum absolute atomic E-state index is 12.1. The highest BCUT2D eigenvalue weighted by Gasteiger charge is 2.08. The second-order valence-electron chi connectivity index (χ2n) is 4.74. The van der Waals surface area contributed by atoms with Gasteiger partial charge in [0.15, 0.2) is 0 Å². The number of allylic oxidation sites excluding steroid dienone is 1. The normalized spacial score (nSPS) is 11.3. The summed E-state index contributed by atoms with van der Waals surface area (Å²) in [5, 5.41) is 9.59. The second kappa shape index (κ2) is 5.74. The van der Waals surface area contributed by atoms with E-state index in [1.54, 1.807) is 0 Å². The topological polar surface area (TPSA) is 70.2 Å². The summed E-state index contributed by atoms with van der Waals surface area (Å²) in [5.41, 5.74) is 3.36. The van der Waals surface area contributed by atoms with Crippen molar-refractivity contribution in [2.45, 2.75) is 26.7 Å². The van der Waals surface area contributed by atoms with Crippen molar-refractivity contribution in [2.24, 2.45) is 0 Å². The molecule has 0 radical (unpaired) electrons. The molecule has 104 valence electrons. The Morgan fingerprint density at radius 3 is 2.80 bits per heavy atom. The third-order valence-electron chi connectivity index (χ3n) is 3.45. The van der Waals surface area contributed by atoms with Crippen molar-refractivity contribution in [3.63, 3.8) is 0 Å². The van der Waals surface area contributed by atoms with Gasteiger partial charge in [-0.3, -0.25) is 4.79 Å². The van der Waals surface area contributed by atoms with Gasteiger partial charge in [0.2, 0.25) is 0 Å². The molecule has 20 heavy (non-hydrogen) atoms. The van der Waals surface area contributed by atoms with Gasteiger partial charge in [0.25, 0.3) is 5.56 Å². The Morgan fingerprint density at radius 2 is 2.15 bits per heavy atom. The fourth-order valence-electron chi connectivity index (χ4n) is 2.30. The molecule has 0 fully saturated rings. The monoisotopic (exact) mass is 271 g/mol. The Bertz CT molecular complexity index is 741. The lowest BCUT2D eigenvalue weighted by Crippen LogP contribution is -2.14. The van der Waals surface area contributed by atoms with Gasteiger partial charge in [-0.05, 0) is 37.0 Å². The van der Waals surface area contributed by atoms with Crippen LogP contribution in [0.15, 0.2) is 35.1 Å². The Balaban J connectivity index is 2.52. The first kappa shape index (κ1) is 14.1. The highest BCUT2D eigenvalue weighted by Crippen LogP contribution is 2.19. The van der Waals surface area contributed by atoms with Crippen molar-refractivity contribution in [1.29, 1.82) is 0 Å². The number of nitrogens with one attached hydrogen (secondary N) is 1. The van der Waals surface area contributed by atoms with Gasteiger partial charge in [-0.2, -0.15) is 0 Å². The molecule has 4 nitrogen and oxygen atoms in total. The largest absolute Gasteiger partial charge is 0.478 e. The molecule has 0 aliphatic rings. The number of fused-ring (bicyclic) bond motifs is 1. The number of rotatable bonds is 4. The van der Waals surface area contributed by atoms with Gasteiger partial charge < -0.3 is 10.1 Å². The minimum atomic E-state index is -1.01. The van der Waals surface area contributed by atoms with Crippen LogP contribution in [0, 0.1) is 6.92 Å². The number of carboxylic acid groups (broad SMARTS) is 1. The number of carboxylic acids is 1. The summed E-state index contributed by atoms with van der Waals surface area (Å²) in [4.78, 5) is 25.4. The van der Waals surface area contributed by atoms with Crippen LogP contribution in [0.5, 0.6) is 0 Å². The van der Waals surface area contributed by atoms with Crippen LogP contribution >= 0.6 is 0 Å². The lowest BCUT2D eigenvalue weighted by molar-refractivity contribution is -0.131. The average Bonchev–Trinajstić information content (AvgIpc) is 2.41. The lowest BCUT2D eigenvalue weighted by atomic mass is 10.0. The van der Waals surface area contributed by atoms with E-state index >= 15 is 0 Å². The number of pyridine rings is 1. The maximum atomic E-state index is 12.1. The predicted molar refractivity (Wildman–Crippen MR) is 79.2 cm³/mol. The molecule has 4 heteroatoms. The van der Waals surface area contributed by atoms with Crippen LogP contribution in [-0.2, 0) is 17.6 Å². The summed E-state index contributed by atoms with van der Waals surface area (Å²) in [6, 6.07) is 6.04. The minimum Gasteiger partial charge on any atom is -0.478 e. The van der Waals surface area contributed by atoms with Crippen LogP contribution in [-0.4, -0.2) is 16.1 Å². The minimum absolute atomic E-state index is 0.154. The van der Waals surface area contributed by atoms with E-state index in [9.17, 15) is 9.59 Å². The maximum Gasteiger partial charge on any atom is 0.327 e. The van der Waals surface area contributed by atoms with Crippen molar-refractivity contribution in [3.8, 4) is 0 Å². The predicted octanol–water partition coefficient (Wildman–Crippen LogP) is 2.58. The number of aromatic nitrogens is 1. The zero-order valence-corrected chi connectivity index (χ0v) is 11.6. The zero-order chi connectivity index (χ0) is 14.7. The molecule has 0 saturated heterocycles. The second-order valence-corrected chi connectivity index (χ2v) is 4.74. The molecule has 2 rings (SSSR count). The molecule has 2 aromatic rings. The van der Waals surface area contributed by atoms with Crippen LogP contribution in [0.1, 0.15) is 23.6 Å². The summed E-state index contributed by atoms with van der Waals surface area (Å²) in [5.74, 6) is -1.01. The number of hydrogen-bond donors (Lipinski definition) is 2. The van der Waals surface area contributed by atoms with E-state index in [1.165, 1.54) is 11.6 Å². The molecule has 0 aliphatic carbocycles. The van der Waals surface area contributed by atoms with Crippen molar-refractivity contribution in [1.82, 2.24) is 4.98 Å². The summed E-state index contributed by atoms with van der Waals surface area (Å²) >= 11 is 0. The lowest BCUT2D eigenvalue weighted by Gasteiger charge is -2.08. The Hall–Kier alpha value is -2.36. The van der Waals surface area contributed by atoms with E-state index in [-0.39, 0.29) is 5.56 Å². The number of hydrogen-bond acceptors (Lipinski definition) is 2. The fraction of sp³-hybridized carbons (Fsp3) is 0.250. The molecule has 0 aliphatic heterocycles. The molecular weight excluding hydrogens is 254 g/mol. The highest BCUT2D eigenvalue weighted by molar-refractivity contribution is 5.83. The van der Waals surface area contributed by atoms with E-state index in [0.717, 1.165) is 29.0 Å². The van der Waals surface area contributed by atoms with Gasteiger partial charge in [0, 0.05) is 22.5 Å². The van der Waals surface area contributed by atoms with E-state index in [2.05, 4.69) is 11.9 Å². The van der Waals surface area contributed by atoms with Gasteiger partial charge in [-0.1, -0.05) is 25.1 Å². The summed E-state index contributed by atoms with van der Waals surface area (Å²) < 4.78 is 0.